The quantitative estimate of drug-likeness (QED) is 0.843. The van der Waals surface area contributed by atoms with E-state index in [1.165, 1.54) is 18.2 Å². The number of halogens is 2. The van der Waals surface area contributed by atoms with Crippen LogP contribution in [0, 0.1) is 5.82 Å². The maximum Gasteiger partial charge on any atom is 0.253 e. The van der Waals surface area contributed by atoms with Crippen LogP contribution in [0.3, 0.4) is 0 Å². The second-order valence-corrected chi connectivity index (χ2v) is 5.11. The van der Waals surface area contributed by atoms with E-state index in [1.807, 2.05) is 6.92 Å². The van der Waals surface area contributed by atoms with Crippen molar-refractivity contribution in [2.24, 2.45) is 5.73 Å². The SMILES string of the molecule is CCN(CCC(N)=S)C(=O)c1ccc(F)c(Br)c1. The van der Waals surface area contributed by atoms with Gasteiger partial charge in [-0.05, 0) is 41.1 Å². The van der Waals surface area contributed by atoms with Gasteiger partial charge in [0, 0.05) is 25.1 Å². The Hall–Kier alpha value is -1.01. The third kappa shape index (κ3) is 4.03. The number of hydrogen-bond donors (Lipinski definition) is 1. The lowest BCUT2D eigenvalue weighted by molar-refractivity contribution is 0.0769. The van der Waals surface area contributed by atoms with E-state index >= 15 is 0 Å². The van der Waals surface area contributed by atoms with Gasteiger partial charge >= 0.3 is 0 Å². The van der Waals surface area contributed by atoms with Gasteiger partial charge in [-0.25, -0.2) is 4.39 Å². The Kier molecular flexibility index (Phi) is 5.68. The molecular formula is C12H14BrFN2OS. The van der Waals surface area contributed by atoms with Gasteiger partial charge in [-0.15, -0.1) is 0 Å². The van der Waals surface area contributed by atoms with Crippen molar-refractivity contribution < 1.29 is 9.18 Å². The van der Waals surface area contributed by atoms with E-state index in [0.717, 1.165) is 0 Å². The Bertz CT molecular complexity index is 467. The van der Waals surface area contributed by atoms with Crippen molar-refractivity contribution >= 4 is 39.0 Å². The van der Waals surface area contributed by atoms with Crippen molar-refractivity contribution in [3.8, 4) is 0 Å². The number of nitrogens with zero attached hydrogens (tertiary/aromatic N) is 1. The molecule has 1 aromatic carbocycles. The van der Waals surface area contributed by atoms with Gasteiger partial charge in [0.25, 0.3) is 5.91 Å². The minimum absolute atomic E-state index is 0.158. The molecule has 18 heavy (non-hydrogen) atoms. The fourth-order valence-electron chi connectivity index (χ4n) is 1.46. The lowest BCUT2D eigenvalue weighted by Crippen LogP contribution is -2.33. The zero-order valence-corrected chi connectivity index (χ0v) is 12.4. The maximum atomic E-state index is 13.1. The number of rotatable bonds is 5. The average molecular weight is 333 g/mol. The molecule has 0 saturated heterocycles. The number of carbonyl (C=O) groups excluding carboxylic acids is 1. The summed E-state index contributed by atoms with van der Waals surface area (Å²) in [4.78, 5) is 14.2. The Morgan fingerprint density at radius 2 is 2.22 bits per heavy atom. The normalized spacial score (nSPS) is 10.2. The van der Waals surface area contributed by atoms with Gasteiger partial charge in [0.2, 0.25) is 0 Å². The van der Waals surface area contributed by atoms with Crippen LogP contribution >= 0.6 is 28.1 Å². The van der Waals surface area contributed by atoms with E-state index in [9.17, 15) is 9.18 Å². The van der Waals surface area contributed by atoms with Crippen molar-refractivity contribution in [2.45, 2.75) is 13.3 Å². The van der Waals surface area contributed by atoms with E-state index in [-0.39, 0.29) is 10.4 Å². The number of nitrogens with two attached hydrogens (primary N) is 1. The Morgan fingerprint density at radius 3 is 2.72 bits per heavy atom. The highest BCUT2D eigenvalue weighted by atomic mass is 79.9. The molecule has 0 aromatic heterocycles. The molecule has 0 atom stereocenters. The van der Waals surface area contributed by atoms with Gasteiger partial charge < -0.3 is 10.6 Å². The summed E-state index contributed by atoms with van der Waals surface area (Å²) in [5.41, 5.74) is 5.85. The van der Waals surface area contributed by atoms with E-state index in [4.69, 9.17) is 18.0 Å². The van der Waals surface area contributed by atoms with Crippen molar-refractivity contribution in [1.29, 1.82) is 0 Å². The molecular weight excluding hydrogens is 319 g/mol. The molecule has 0 bridgehead atoms. The van der Waals surface area contributed by atoms with Crippen LogP contribution in [0.4, 0.5) is 4.39 Å². The average Bonchev–Trinajstić information content (AvgIpc) is 2.32. The molecule has 0 radical (unpaired) electrons. The zero-order chi connectivity index (χ0) is 13.7. The maximum absolute atomic E-state index is 13.1. The molecule has 6 heteroatoms. The van der Waals surface area contributed by atoms with Gasteiger partial charge in [0.15, 0.2) is 0 Å². The highest BCUT2D eigenvalue weighted by molar-refractivity contribution is 9.10. The summed E-state index contributed by atoms with van der Waals surface area (Å²) in [6, 6.07) is 4.20. The zero-order valence-electron chi connectivity index (χ0n) is 9.95. The number of hydrogen-bond acceptors (Lipinski definition) is 2. The molecule has 1 aromatic rings. The van der Waals surface area contributed by atoms with Crippen LogP contribution < -0.4 is 5.73 Å². The fraction of sp³-hybridized carbons (Fsp3) is 0.333. The monoisotopic (exact) mass is 332 g/mol. The Labute approximate surface area is 119 Å². The first kappa shape index (κ1) is 15.0. The summed E-state index contributed by atoms with van der Waals surface area (Å²) in [7, 11) is 0. The molecule has 1 amide bonds. The number of carbonyl (C=O) groups is 1. The first-order valence-electron chi connectivity index (χ1n) is 5.48. The summed E-state index contributed by atoms with van der Waals surface area (Å²) < 4.78 is 13.4. The molecule has 1 rings (SSSR count). The van der Waals surface area contributed by atoms with Crippen LogP contribution in [0.15, 0.2) is 22.7 Å². The molecule has 98 valence electrons. The third-order valence-corrected chi connectivity index (χ3v) is 3.28. The second-order valence-electron chi connectivity index (χ2n) is 3.73. The minimum Gasteiger partial charge on any atom is -0.393 e. The topological polar surface area (TPSA) is 46.3 Å². The predicted octanol–water partition coefficient (Wildman–Crippen LogP) is 2.73. The van der Waals surface area contributed by atoms with Crippen molar-refractivity contribution in [2.75, 3.05) is 13.1 Å². The van der Waals surface area contributed by atoms with Gasteiger partial charge in [-0.1, -0.05) is 12.2 Å². The molecule has 0 aliphatic heterocycles. The van der Waals surface area contributed by atoms with Gasteiger partial charge in [-0.2, -0.15) is 0 Å². The third-order valence-electron chi connectivity index (χ3n) is 2.46. The number of amides is 1. The van der Waals surface area contributed by atoms with Crippen LogP contribution in [0.1, 0.15) is 23.7 Å². The summed E-state index contributed by atoms with van der Waals surface area (Å²) in [5.74, 6) is -0.549. The highest BCUT2D eigenvalue weighted by Gasteiger charge is 2.15. The van der Waals surface area contributed by atoms with E-state index in [1.54, 1.807) is 4.90 Å². The molecule has 0 fully saturated rings. The Balaban J connectivity index is 2.82. The molecule has 0 aliphatic carbocycles. The first-order valence-corrected chi connectivity index (χ1v) is 6.68. The van der Waals surface area contributed by atoms with Gasteiger partial charge in [0.1, 0.15) is 5.82 Å². The lowest BCUT2D eigenvalue weighted by Gasteiger charge is -2.20. The Morgan fingerprint density at radius 1 is 1.56 bits per heavy atom. The van der Waals surface area contributed by atoms with Crippen molar-refractivity contribution in [3.05, 3.63) is 34.1 Å². The molecule has 2 N–H and O–H groups in total. The standard InChI is InChI=1S/C12H14BrFN2OS/c1-2-16(6-5-11(15)18)12(17)8-3-4-10(14)9(13)7-8/h3-4,7H,2,5-6H2,1H3,(H2,15,18). The van der Waals surface area contributed by atoms with Crippen LogP contribution in [0.2, 0.25) is 0 Å². The minimum atomic E-state index is -0.391. The predicted molar refractivity (Wildman–Crippen MR) is 77.1 cm³/mol. The van der Waals surface area contributed by atoms with Crippen LogP contribution in [-0.2, 0) is 0 Å². The lowest BCUT2D eigenvalue weighted by atomic mass is 10.2. The molecule has 0 spiro atoms. The van der Waals surface area contributed by atoms with Crippen molar-refractivity contribution in [1.82, 2.24) is 4.90 Å². The first-order chi connectivity index (χ1) is 8.45. The van der Waals surface area contributed by atoms with Crippen LogP contribution in [0.5, 0.6) is 0 Å². The van der Waals surface area contributed by atoms with E-state index in [0.29, 0.717) is 30.1 Å². The van der Waals surface area contributed by atoms with E-state index < -0.39 is 5.82 Å². The number of thiocarbonyl (C=S) groups is 1. The second kappa shape index (κ2) is 6.80. The summed E-state index contributed by atoms with van der Waals surface area (Å²) in [6.45, 7) is 2.89. The van der Waals surface area contributed by atoms with Crippen LogP contribution in [0.25, 0.3) is 0 Å². The smallest absolute Gasteiger partial charge is 0.253 e. The van der Waals surface area contributed by atoms with Crippen molar-refractivity contribution in [3.63, 3.8) is 0 Å². The molecule has 0 heterocycles. The van der Waals surface area contributed by atoms with Crippen LogP contribution in [-0.4, -0.2) is 28.9 Å². The molecule has 0 aliphatic rings. The highest BCUT2D eigenvalue weighted by Crippen LogP contribution is 2.18. The molecule has 0 saturated carbocycles. The van der Waals surface area contributed by atoms with Gasteiger partial charge in [0.05, 0.1) is 9.46 Å². The summed E-state index contributed by atoms with van der Waals surface area (Å²) in [6.07, 6.45) is 0.483. The molecule has 0 unspecified atom stereocenters. The van der Waals surface area contributed by atoms with E-state index in [2.05, 4.69) is 15.9 Å². The largest absolute Gasteiger partial charge is 0.393 e. The van der Waals surface area contributed by atoms with Gasteiger partial charge in [-0.3, -0.25) is 4.79 Å². The summed E-state index contributed by atoms with van der Waals surface area (Å²) >= 11 is 7.85. The number of benzene rings is 1. The summed E-state index contributed by atoms with van der Waals surface area (Å²) in [5, 5.41) is 0. The molecule has 3 nitrogen and oxygen atoms in total. The fourth-order valence-corrected chi connectivity index (χ4v) is 1.93.